The largest absolute Gasteiger partial charge is 0.506 e. The number of nitrogens with zero attached hydrogens (tertiary/aromatic N) is 6. The maximum atomic E-state index is 12.8. The number of anilines is 1. The number of aliphatic hydroxyl groups excluding tert-OH is 1. The van der Waals surface area contributed by atoms with Crippen LogP contribution in [0.15, 0.2) is 17.7 Å². The maximum Gasteiger partial charge on any atom is 0.315 e. The van der Waals surface area contributed by atoms with Crippen LogP contribution >= 0.6 is 0 Å². The van der Waals surface area contributed by atoms with Crippen LogP contribution in [0.1, 0.15) is 11.4 Å². The Balaban J connectivity index is 2.03. The van der Waals surface area contributed by atoms with Crippen molar-refractivity contribution in [1.82, 2.24) is 14.8 Å². The first-order chi connectivity index (χ1) is 13.8. The summed E-state index contributed by atoms with van der Waals surface area (Å²) >= 11 is 0. The second-order valence-electron chi connectivity index (χ2n) is 5.94. The molecule has 0 aliphatic carbocycles. The Morgan fingerprint density at radius 3 is 2.79 bits per heavy atom. The Morgan fingerprint density at radius 2 is 2.14 bits per heavy atom. The van der Waals surface area contributed by atoms with Gasteiger partial charge in [-0.2, -0.15) is 5.26 Å². The van der Waals surface area contributed by atoms with Crippen molar-refractivity contribution in [3.05, 3.63) is 39.2 Å². The molecule has 13 heteroatoms. The number of ether oxygens (including phenoxy) is 1. The molecule has 0 saturated heterocycles. The topological polar surface area (TPSA) is 188 Å². The Kier molecular flexibility index (Phi) is 5.03. The van der Waals surface area contributed by atoms with E-state index in [4.69, 9.17) is 4.74 Å². The average Bonchev–Trinajstić information content (AvgIpc) is 3.13. The van der Waals surface area contributed by atoms with Gasteiger partial charge in [0.2, 0.25) is 11.7 Å². The first-order valence-electron chi connectivity index (χ1n) is 8.08. The van der Waals surface area contributed by atoms with Gasteiger partial charge < -0.3 is 20.1 Å². The van der Waals surface area contributed by atoms with E-state index in [0.29, 0.717) is 19.0 Å². The molecule has 1 aliphatic heterocycles. The molecule has 0 unspecified atom stereocenters. The fourth-order valence-corrected chi connectivity index (χ4v) is 2.71. The zero-order valence-electron chi connectivity index (χ0n) is 14.9. The van der Waals surface area contributed by atoms with Crippen molar-refractivity contribution in [3.63, 3.8) is 0 Å². The maximum absolute atomic E-state index is 12.8. The fraction of sp³-hybridized carbons (Fsp3) is 0.250. The number of likely N-dealkylation sites (N-methyl/N-ethyl adjacent to an activating group) is 1. The summed E-state index contributed by atoms with van der Waals surface area (Å²) in [5, 5.41) is 57.8. The lowest BCUT2D eigenvalue weighted by Gasteiger charge is -2.20. The summed E-state index contributed by atoms with van der Waals surface area (Å²) < 4.78 is 6.85. The van der Waals surface area contributed by atoms with E-state index in [0.717, 1.165) is 17.0 Å². The van der Waals surface area contributed by atoms with Crippen LogP contribution in [0.5, 0.6) is 11.5 Å². The summed E-state index contributed by atoms with van der Waals surface area (Å²) in [5.41, 5.74) is -2.06. The van der Waals surface area contributed by atoms with Crippen LogP contribution in [0.2, 0.25) is 0 Å². The zero-order chi connectivity index (χ0) is 21.3. The van der Waals surface area contributed by atoms with Gasteiger partial charge in [-0.05, 0) is 6.07 Å². The number of nitro groups is 1. The van der Waals surface area contributed by atoms with Gasteiger partial charge in [0.1, 0.15) is 18.4 Å². The molecule has 0 radical (unpaired) electrons. The SMILES string of the molecule is CN(C(=O)/C(C#N)=C(\O)c1cc(O)c(O)c([N+](=O)[O-])c1)c1nnc2n1CCOC2. The van der Waals surface area contributed by atoms with E-state index >= 15 is 0 Å². The molecule has 0 atom stereocenters. The molecule has 0 bridgehead atoms. The number of hydrogen-bond acceptors (Lipinski definition) is 10. The average molecular weight is 402 g/mol. The van der Waals surface area contributed by atoms with E-state index in [1.807, 2.05) is 0 Å². The quantitative estimate of drug-likeness (QED) is 0.163. The number of aromatic nitrogens is 3. The number of carbonyl (C=O) groups is 1. The summed E-state index contributed by atoms with van der Waals surface area (Å²) in [5.74, 6) is -3.17. The summed E-state index contributed by atoms with van der Waals surface area (Å²) in [6, 6.07) is 3.07. The van der Waals surface area contributed by atoms with Crippen molar-refractivity contribution in [1.29, 1.82) is 5.26 Å². The number of aliphatic hydroxyl groups is 1. The molecule has 0 spiro atoms. The number of nitro benzene ring substituents is 1. The minimum absolute atomic E-state index is 0.119. The predicted octanol–water partition coefficient (Wildman–Crippen LogP) is 0.583. The first-order valence-corrected chi connectivity index (χ1v) is 8.08. The lowest BCUT2D eigenvalue weighted by atomic mass is 10.1. The number of hydrogen-bond donors (Lipinski definition) is 3. The number of amides is 1. The Labute approximate surface area is 162 Å². The molecule has 3 rings (SSSR count). The fourth-order valence-electron chi connectivity index (χ4n) is 2.71. The molecular formula is C16H14N6O7. The summed E-state index contributed by atoms with van der Waals surface area (Å²) in [7, 11) is 1.32. The number of rotatable bonds is 4. The minimum Gasteiger partial charge on any atom is -0.506 e. The van der Waals surface area contributed by atoms with E-state index in [9.17, 15) is 35.5 Å². The molecule has 0 saturated carbocycles. The van der Waals surface area contributed by atoms with E-state index < -0.39 is 44.9 Å². The number of carbonyl (C=O) groups excluding carboxylic acids is 1. The van der Waals surface area contributed by atoms with Crippen molar-refractivity contribution in [2.24, 2.45) is 0 Å². The van der Waals surface area contributed by atoms with Gasteiger partial charge in [0, 0.05) is 18.7 Å². The molecule has 29 heavy (non-hydrogen) atoms. The molecule has 2 aromatic rings. The predicted molar refractivity (Wildman–Crippen MR) is 94.7 cm³/mol. The molecule has 0 fully saturated rings. The number of phenolic OH excluding ortho intramolecular Hbond substituents is 2. The van der Waals surface area contributed by atoms with Gasteiger partial charge in [0.15, 0.2) is 17.1 Å². The molecule has 2 heterocycles. The van der Waals surface area contributed by atoms with E-state index in [-0.39, 0.29) is 12.6 Å². The highest BCUT2D eigenvalue weighted by Gasteiger charge is 2.28. The Hall–Kier alpha value is -4.18. The van der Waals surface area contributed by atoms with Gasteiger partial charge in [-0.3, -0.25) is 24.4 Å². The number of benzene rings is 1. The third-order valence-electron chi connectivity index (χ3n) is 4.21. The molecule has 1 aliphatic rings. The van der Waals surface area contributed by atoms with Crippen LogP contribution in [0.4, 0.5) is 11.6 Å². The van der Waals surface area contributed by atoms with Crippen LogP contribution < -0.4 is 4.90 Å². The van der Waals surface area contributed by atoms with Crippen LogP contribution in [-0.4, -0.2) is 54.6 Å². The normalized spacial score (nSPS) is 13.8. The lowest BCUT2D eigenvalue weighted by molar-refractivity contribution is -0.386. The highest BCUT2D eigenvalue weighted by molar-refractivity contribution is 6.11. The van der Waals surface area contributed by atoms with Crippen LogP contribution in [0.3, 0.4) is 0 Å². The first kappa shape index (κ1) is 19.6. The molecule has 1 aromatic carbocycles. The van der Waals surface area contributed by atoms with Crippen LogP contribution in [-0.2, 0) is 22.7 Å². The van der Waals surface area contributed by atoms with E-state index in [2.05, 4.69) is 10.2 Å². The van der Waals surface area contributed by atoms with Crippen LogP contribution in [0.25, 0.3) is 5.76 Å². The third-order valence-corrected chi connectivity index (χ3v) is 4.21. The Morgan fingerprint density at radius 1 is 1.41 bits per heavy atom. The molecule has 3 N–H and O–H groups in total. The Bertz CT molecular complexity index is 1080. The highest BCUT2D eigenvalue weighted by atomic mass is 16.6. The molecule has 1 amide bonds. The van der Waals surface area contributed by atoms with Gasteiger partial charge in [0.25, 0.3) is 5.91 Å². The van der Waals surface area contributed by atoms with Gasteiger partial charge in [-0.15, -0.1) is 10.2 Å². The van der Waals surface area contributed by atoms with E-state index in [1.165, 1.54) is 7.05 Å². The monoisotopic (exact) mass is 402 g/mol. The van der Waals surface area contributed by atoms with Gasteiger partial charge in [-0.25, -0.2) is 0 Å². The summed E-state index contributed by atoms with van der Waals surface area (Å²) in [4.78, 5) is 23.8. The van der Waals surface area contributed by atoms with Crippen molar-refractivity contribution in [3.8, 4) is 17.6 Å². The third kappa shape index (κ3) is 3.39. The highest BCUT2D eigenvalue weighted by Crippen LogP contribution is 2.38. The zero-order valence-corrected chi connectivity index (χ0v) is 14.9. The van der Waals surface area contributed by atoms with Crippen LogP contribution in [0, 0.1) is 21.4 Å². The molecule has 150 valence electrons. The van der Waals surface area contributed by atoms with Crippen molar-refractivity contribution in [2.75, 3.05) is 18.6 Å². The minimum atomic E-state index is -1.01. The van der Waals surface area contributed by atoms with Crippen molar-refractivity contribution < 1.29 is 29.8 Å². The van der Waals surface area contributed by atoms with E-state index in [1.54, 1.807) is 10.6 Å². The van der Waals surface area contributed by atoms with Gasteiger partial charge in [-0.1, -0.05) is 0 Å². The molecular weight excluding hydrogens is 388 g/mol. The number of fused-ring (bicyclic) bond motifs is 1. The van der Waals surface area contributed by atoms with Crippen molar-refractivity contribution in [2.45, 2.75) is 13.2 Å². The standard InChI is InChI=1S/C16H14N6O7/c1-20(16-19-18-12-7-29-3-2-21(12)16)15(26)9(6-17)13(24)8-4-10(22(27)28)14(25)11(23)5-8/h4-5,23-25H,2-3,7H2,1H3/b13-9-. The summed E-state index contributed by atoms with van der Waals surface area (Å²) in [6.45, 7) is 0.964. The van der Waals surface area contributed by atoms with Crippen molar-refractivity contribution >= 4 is 23.3 Å². The lowest BCUT2D eigenvalue weighted by Crippen LogP contribution is -2.32. The summed E-state index contributed by atoms with van der Waals surface area (Å²) in [6.07, 6.45) is 0. The molecule has 1 aromatic heterocycles. The van der Waals surface area contributed by atoms with Gasteiger partial charge in [0.05, 0.1) is 18.1 Å². The second-order valence-corrected chi connectivity index (χ2v) is 5.94. The number of aromatic hydroxyl groups is 2. The second kappa shape index (κ2) is 7.44. The molecule has 13 nitrogen and oxygen atoms in total. The van der Waals surface area contributed by atoms with Gasteiger partial charge >= 0.3 is 5.69 Å². The number of phenols is 2. The number of nitriles is 1. The smallest absolute Gasteiger partial charge is 0.315 e.